The van der Waals surface area contributed by atoms with Gasteiger partial charge < -0.3 is 10.7 Å². The fraction of sp³-hybridized carbons (Fsp3) is 0.280. The van der Waals surface area contributed by atoms with Gasteiger partial charge in [-0.2, -0.15) is 0 Å². The van der Waals surface area contributed by atoms with Crippen LogP contribution in [0.15, 0.2) is 54.6 Å². The first-order valence-electron chi connectivity index (χ1n) is 10.1. The third-order valence-electron chi connectivity index (χ3n) is 5.70. The molecule has 138 valence electrons. The van der Waals surface area contributed by atoms with Crippen molar-refractivity contribution in [1.82, 2.24) is 4.98 Å². The number of aryl methyl sites for hydroxylation is 3. The van der Waals surface area contributed by atoms with E-state index < -0.39 is 0 Å². The Labute approximate surface area is 161 Å². The van der Waals surface area contributed by atoms with Crippen LogP contribution in [0.1, 0.15) is 36.5 Å². The molecule has 0 saturated carbocycles. The molecule has 0 aliphatic heterocycles. The number of aromatic nitrogens is 1. The molecule has 0 spiro atoms. The summed E-state index contributed by atoms with van der Waals surface area (Å²) in [6.45, 7) is 5.17. The molecule has 0 unspecified atom stereocenters. The molecule has 0 bridgehead atoms. The average molecular weight is 357 g/mol. The third kappa shape index (κ3) is 3.15. The van der Waals surface area contributed by atoms with Crippen LogP contribution in [-0.2, 0) is 12.8 Å². The summed E-state index contributed by atoms with van der Waals surface area (Å²) in [7, 11) is 0. The van der Waals surface area contributed by atoms with Gasteiger partial charge in [0, 0.05) is 16.5 Å². The van der Waals surface area contributed by atoms with Gasteiger partial charge >= 0.3 is 0 Å². The van der Waals surface area contributed by atoms with Gasteiger partial charge in [-0.25, -0.2) is 0 Å². The van der Waals surface area contributed by atoms with Crippen LogP contribution < -0.4 is 5.73 Å². The average Bonchev–Trinajstić information content (AvgIpc) is 3.07. The standard InChI is InChI=1S/C25H28N2/c1-3-18-9-8-13-21-22(12-6-7-16-26)25(27-24(18)21)23-15-14-17(2)19-10-4-5-11-20(19)23/h4-5,8-11,13-15,27H,3,6-7,12,16,26H2,1-2H3. The monoisotopic (exact) mass is 356 g/mol. The molecule has 0 atom stereocenters. The molecule has 1 heterocycles. The Kier molecular flexibility index (Phi) is 5.00. The van der Waals surface area contributed by atoms with Gasteiger partial charge in [0.15, 0.2) is 0 Å². The second kappa shape index (κ2) is 7.58. The van der Waals surface area contributed by atoms with Gasteiger partial charge in [0.1, 0.15) is 0 Å². The number of unbranched alkanes of at least 4 members (excludes halogenated alkanes) is 1. The first-order valence-corrected chi connectivity index (χ1v) is 10.1. The molecule has 0 amide bonds. The lowest BCUT2D eigenvalue weighted by Crippen LogP contribution is -1.99. The van der Waals surface area contributed by atoms with E-state index in [9.17, 15) is 0 Å². The summed E-state index contributed by atoms with van der Waals surface area (Å²) < 4.78 is 0. The number of fused-ring (bicyclic) bond motifs is 2. The van der Waals surface area contributed by atoms with Crippen molar-refractivity contribution in [2.24, 2.45) is 5.73 Å². The van der Waals surface area contributed by atoms with Crippen LogP contribution in [0.3, 0.4) is 0 Å². The number of aromatic amines is 1. The van der Waals surface area contributed by atoms with Gasteiger partial charge in [-0.05, 0) is 66.6 Å². The van der Waals surface area contributed by atoms with E-state index in [1.54, 1.807) is 0 Å². The predicted molar refractivity (Wildman–Crippen MR) is 117 cm³/mol. The summed E-state index contributed by atoms with van der Waals surface area (Å²) in [5.41, 5.74) is 13.8. The Hall–Kier alpha value is -2.58. The van der Waals surface area contributed by atoms with E-state index in [0.29, 0.717) is 0 Å². The minimum atomic E-state index is 0.755. The Bertz CT molecular complexity index is 1090. The molecule has 3 N–H and O–H groups in total. The van der Waals surface area contributed by atoms with E-state index >= 15 is 0 Å². The first kappa shape index (κ1) is 17.8. The zero-order valence-corrected chi connectivity index (χ0v) is 16.3. The van der Waals surface area contributed by atoms with E-state index in [-0.39, 0.29) is 0 Å². The van der Waals surface area contributed by atoms with Gasteiger partial charge in [-0.15, -0.1) is 0 Å². The van der Waals surface area contributed by atoms with Crippen molar-refractivity contribution >= 4 is 21.7 Å². The molecular weight excluding hydrogens is 328 g/mol. The predicted octanol–water partition coefficient (Wildman–Crippen LogP) is 6.14. The third-order valence-corrected chi connectivity index (χ3v) is 5.70. The zero-order valence-electron chi connectivity index (χ0n) is 16.3. The van der Waals surface area contributed by atoms with Crippen LogP contribution >= 0.6 is 0 Å². The lowest BCUT2D eigenvalue weighted by molar-refractivity contribution is 0.748. The van der Waals surface area contributed by atoms with Crippen LogP contribution in [0.4, 0.5) is 0 Å². The summed E-state index contributed by atoms with van der Waals surface area (Å²) in [4.78, 5) is 3.81. The molecule has 3 aromatic carbocycles. The van der Waals surface area contributed by atoms with Crippen LogP contribution in [-0.4, -0.2) is 11.5 Å². The molecule has 0 aliphatic carbocycles. The highest BCUT2D eigenvalue weighted by Crippen LogP contribution is 2.37. The van der Waals surface area contributed by atoms with Crippen molar-refractivity contribution in [2.75, 3.05) is 6.54 Å². The van der Waals surface area contributed by atoms with Crippen molar-refractivity contribution in [1.29, 1.82) is 0 Å². The molecule has 0 radical (unpaired) electrons. The molecule has 4 aromatic rings. The second-order valence-electron chi connectivity index (χ2n) is 7.39. The summed E-state index contributed by atoms with van der Waals surface area (Å²) in [5.74, 6) is 0. The van der Waals surface area contributed by atoms with E-state index in [1.807, 2.05) is 0 Å². The summed E-state index contributed by atoms with van der Waals surface area (Å²) in [6, 6.07) is 20.0. The maximum absolute atomic E-state index is 5.76. The van der Waals surface area contributed by atoms with Gasteiger partial charge in [0.25, 0.3) is 0 Å². The van der Waals surface area contributed by atoms with Crippen LogP contribution in [0.5, 0.6) is 0 Å². The van der Waals surface area contributed by atoms with E-state index in [0.717, 1.165) is 32.2 Å². The molecule has 0 saturated heterocycles. The highest BCUT2D eigenvalue weighted by atomic mass is 14.7. The van der Waals surface area contributed by atoms with Gasteiger partial charge in [0.2, 0.25) is 0 Å². The Balaban J connectivity index is 1.98. The number of H-pyrrole nitrogens is 1. The normalized spacial score (nSPS) is 11.5. The first-order chi connectivity index (χ1) is 13.2. The topological polar surface area (TPSA) is 41.8 Å². The van der Waals surface area contributed by atoms with Crippen molar-refractivity contribution in [3.8, 4) is 11.3 Å². The second-order valence-corrected chi connectivity index (χ2v) is 7.39. The fourth-order valence-corrected chi connectivity index (χ4v) is 4.23. The van der Waals surface area contributed by atoms with Crippen molar-refractivity contribution in [3.05, 3.63) is 71.3 Å². The van der Waals surface area contributed by atoms with E-state index in [1.165, 1.54) is 49.6 Å². The van der Waals surface area contributed by atoms with Gasteiger partial charge in [-0.1, -0.05) is 61.5 Å². The molecular formula is C25H28N2. The molecule has 27 heavy (non-hydrogen) atoms. The van der Waals surface area contributed by atoms with Crippen molar-refractivity contribution in [2.45, 2.75) is 39.5 Å². The SMILES string of the molecule is CCc1cccc2c(CCCCN)c(-c3ccc(C)c4ccccc34)[nH]c12. The number of benzene rings is 3. The maximum Gasteiger partial charge on any atom is 0.0503 e. The lowest BCUT2D eigenvalue weighted by atomic mass is 9.94. The minimum absolute atomic E-state index is 0.755. The number of hydrogen-bond acceptors (Lipinski definition) is 1. The quantitative estimate of drug-likeness (QED) is 0.400. The van der Waals surface area contributed by atoms with Crippen LogP contribution in [0, 0.1) is 6.92 Å². The molecule has 2 nitrogen and oxygen atoms in total. The number of nitrogens with two attached hydrogens (primary N) is 1. The number of para-hydroxylation sites is 1. The number of hydrogen-bond donors (Lipinski definition) is 2. The van der Waals surface area contributed by atoms with E-state index in [4.69, 9.17) is 5.73 Å². The number of rotatable bonds is 6. The summed E-state index contributed by atoms with van der Waals surface area (Å²) in [5, 5.41) is 4.02. The Morgan fingerprint density at radius 3 is 2.41 bits per heavy atom. The Morgan fingerprint density at radius 2 is 1.63 bits per heavy atom. The van der Waals surface area contributed by atoms with Gasteiger partial charge in [0.05, 0.1) is 5.69 Å². The largest absolute Gasteiger partial charge is 0.354 e. The van der Waals surface area contributed by atoms with Crippen LogP contribution in [0.2, 0.25) is 0 Å². The molecule has 2 heteroatoms. The number of nitrogens with one attached hydrogen (secondary N) is 1. The summed E-state index contributed by atoms with van der Waals surface area (Å²) >= 11 is 0. The van der Waals surface area contributed by atoms with Crippen molar-refractivity contribution < 1.29 is 0 Å². The molecule has 4 rings (SSSR count). The lowest BCUT2D eigenvalue weighted by Gasteiger charge is -2.10. The zero-order chi connectivity index (χ0) is 18.8. The van der Waals surface area contributed by atoms with E-state index in [2.05, 4.69) is 73.4 Å². The van der Waals surface area contributed by atoms with Crippen LogP contribution in [0.25, 0.3) is 32.9 Å². The smallest absolute Gasteiger partial charge is 0.0503 e. The maximum atomic E-state index is 5.76. The minimum Gasteiger partial charge on any atom is -0.354 e. The summed E-state index contributed by atoms with van der Waals surface area (Å²) in [6.07, 6.45) is 4.28. The molecule has 1 aromatic heterocycles. The molecule has 0 aliphatic rings. The Morgan fingerprint density at radius 1 is 0.852 bits per heavy atom. The highest BCUT2D eigenvalue weighted by molar-refractivity contribution is 6.02. The molecule has 0 fully saturated rings. The highest BCUT2D eigenvalue weighted by Gasteiger charge is 2.16. The van der Waals surface area contributed by atoms with Gasteiger partial charge in [-0.3, -0.25) is 0 Å². The van der Waals surface area contributed by atoms with Crippen molar-refractivity contribution in [3.63, 3.8) is 0 Å². The fourth-order valence-electron chi connectivity index (χ4n) is 4.23.